The summed E-state index contributed by atoms with van der Waals surface area (Å²) in [6.45, 7) is 3.52. The van der Waals surface area contributed by atoms with Crippen molar-refractivity contribution in [2.75, 3.05) is 26.2 Å². The third kappa shape index (κ3) is 5.75. The summed E-state index contributed by atoms with van der Waals surface area (Å²) in [6.07, 6.45) is -9.71. The van der Waals surface area contributed by atoms with Gasteiger partial charge in [0, 0.05) is 26.2 Å². The summed E-state index contributed by atoms with van der Waals surface area (Å²) in [6, 6.07) is 8.82. The van der Waals surface area contributed by atoms with Crippen molar-refractivity contribution in [1.82, 2.24) is 9.80 Å². The first-order chi connectivity index (χ1) is 14.9. The standard InChI is InChI=1S/C22H23ClF6N2O/c1-14(32)20(23)31-12-10-30(11-13-31)19(15-2-6-17(7-3-15)21(24,25)26)16-4-8-18(9-5-16)22(27,28)29/h2-9,14,19-20,32H,10-13H2,1H3. The molecule has 1 N–H and O–H groups in total. The van der Waals surface area contributed by atoms with Gasteiger partial charge in [0.15, 0.2) is 0 Å². The fourth-order valence-electron chi connectivity index (χ4n) is 3.87. The van der Waals surface area contributed by atoms with Gasteiger partial charge in [-0.1, -0.05) is 24.3 Å². The van der Waals surface area contributed by atoms with Crippen LogP contribution in [0.2, 0.25) is 0 Å². The summed E-state index contributed by atoms with van der Waals surface area (Å²) in [5.41, 5.74) is -1.07. The molecule has 1 fully saturated rings. The highest BCUT2D eigenvalue weighted by Crippen LogP contribution is 2.36. The van der Waals surface area contributed by atoms with Crippen LogP contribution >= 0.6 is 11.6 Å². The number of hydrogen-bond donors (Lipinski definition) is 1. The third-order valence-corrected chi connectivity index (χ3v) is 6.21. The zero-order chi connectivity index (χ0) is 23.7. The first kappa shape index (κ1) is 24.8. The molecule has 2 aromatic carbocycles. The summed E-state index contributed by atoms with van der Waals surface area (Å²) in [5.74, 6) is 0. The van der Waals surface area contributed by atoms with E-state index in [1.165, 1.54) is 24.3 Å². The second-order valence-corrected chi connectivity index (χ2v) is 8.27. The number of nitrogens with zero attached hydrogens (tertiary/aromatic N) is 2. The summed E-state index contributed by atoms with van der Waals surface area (Å²) in [7, 11) is 0. The monoisotopic (exact) mass is 480 g/mol. The van der Waals surface area contributed by atoms with Crippen molar-refractivity contribution in [3.05, 3.63) is 70.8 Å². The first-order valence-electron chi connectivity index (χ1n) is 10.0. The van der Waals surface area contributed by atoms with E-state index >= 15 is 0 Å². The highest BCUT2D eigenvalue weighted by Gasteiger charge is 2.34. The molecule has 0 radical (unpaired) electrons. The lowest BCUT2D eigenvalue weighted by Crippen LogP contribution is -2.52. The molecule has 32 heavy (non-hydrogen) atoms. The predicted molar refractivity (Wildman–Crippen MR) is 109 cm³/mol. The van der Waals surface area contributed by atoms with Gasteiger partial charge in [0.05, 0.1) is 23.3 Å². The number of benzene rings is 2. The van der Waals surface area contributed by atoms with Crippen molar-refractivity contribution < 1.29 is 31.4 Å². The van der Waals surface area contributed by atoms with Crippen LogP contribution < -0.4 is 0 Å². The van der Waals surface area contributed by atoms with Crippen LogP contribution in [0.3, 0.4) is 0 Å². The predicted octanol–water partition coefficient (Wildman–Crippen LogP) is 5.38. The van der Waals surface area contributed by atoms with Gasteiger partial charge < -0.3 is 5.11 Å². The lowest BCUT2D eigenvalue weighted by molar-refractivity contribution is -0.138. The Kier molecular flexibility index (Phi) is 7.44. The Morgan fingerprint density at radius 2 is 1.06 bits per heavy atom. The summed E-state index contributed by atoms with van der Waals surface area (Å²) >= 11 is 6.22. The minimum atomic E-state index is -4.48. The van der Waals surface area contributed by atoms with Crippen LogP contribution in [0.1, 0.15) is 35.2 Å². The molecule has 1 aliphatic heterocycles. The van der Waals surface area contributed by atoms with Crippen molar-refractivity contribution in [2.24, 2.45) is 0 Å². The van der Waals surface area contributed by atoms with Crippen molar-refractivity contribution in [1.29, 1.82) is 0 Å². The van der Waals surface area contributed by atoms with Crippen LogP contribution in [0.4, 0.5) is 26.3 Å². The Balaban J connectivity index is 1.90. The van der Waals surface area contributed by atoms with Gasteiger partial charge in [0.25, 0.3) is 0 Å². The molecule has 3 rings (SSSR count). The number of piperazine rings is 1. The molecule has 2 atom stereocenters. The topological polar surface area (TPSA) is 26.7 Å². The molecule has 0 bridgehead atoms. The van der Waals surface area contributed by atoms with E-state index in [1.54, 1.807) is 6.92 Å². The summed E-state index contributed by atoms with van der Waals surface area (Å²) in [4.78, 5) is 3.88. The summed E-state index contributed by atoms with van der Waals surface area (Å²) < 4.78 is 77.9. The number of aliphatic hydroxyl groups is 1. The van der Waals surface area contributed by atoms with Crippen LogP contribution in [-0.4, -0.2) is 52.7 Å². The smallest absolute Gasteiger partial charge is 0.390 e. The van der Waals surface area contributed by atoms with E-state index in [4.69, 9.17) is 11.6 Å². The van der Waals surface area contributed by atoms with Gasteiger partial charge >= 0.3 is 12.4 Å². The van der Waals surface area contributed by atoms with Gasteiger partial charge in [-0.3, -0.25) is 9.80 Å². The van der Waals surface area contributed by atoms with Crippen LogP contribution in [0, 0.1) is 0 Å². The molecule has 0 aliphatic carbocycles. The lowest BCUT2D eigenvalue weighted by atomic mass is 9.94. The molecule has 0 amide bonds. The Morgan fingerprint density at radius 3 is 1.38 bits per heavy atom. The number of aliphatic hydroxyl groups excluding tert-OH is 1. The normalized spacial score (nSPS) is 18.7. The Morgan fingerprint density at radius 1 is 0.719 bits per heavy atom. The molecule has 10 heteroatoms. The Bertz CT molecular complexity index is 818. The molecule has 176 valence electrons. The van der Waals surface area contributed by atoms with E-state index in [0.717, 1.165) is 24.3 Å². The zero-order valence-electron chi connectivity index (χ0n) is 17.2. The number of halogens is 7. The SMILES string of the molecule is CC(O)C(Cl)N1CCN(C(c2ccc(C(F)(F)F)cc2)c2ccc(C(F)(F)F)cc2)CC1. The van der Waals surface area contributed by atoms with Crippen molar-refractivity contribution in [3.8, 4) is 0 Å². The average Bonchev–Trinajstić information content (AvgIpc) is 2.73. The van der Waals surface area contributed by atoms with Gasteiger partial charge in [-0.05, 0) is 42.3 Å². The number of alkyl halides is 7. The fourth-order valence-corrected chi connectivity index (χ4v) is 4.07. The van der Waals surface area contributed by atoms with E-state index in [9.17, 15) is 31.4 Å². The molecule has 0 saturated carbocycles. The fraction of sp³-hybridized carbons (Fsp3) is 0.455. The van der Waals surface area contributed by atoms with E-state index in [2.05, 4.69) is 0 Å². The van der Waals surface area contributed by atoms with Crippen molar-refractivity contribution in [2.45, 2.75) is 36.9 Å². The largest absolute Gasteiger partial charge is 0.416 e. The average molecular weight is 481 g/mol. The minimum Gasteiger partial charge on any atom is -0.390 e. The molecular formula is C22H23ClF6N2O. The van der Waals surface area contributed by atoms with Crippen LogP contribution in [0.25, 0.3) is 0 Å². The van der Waals surface area contributed by atoms with E-state index in [-0.39, 0.29) is 0 Å². The van der Waals surface area contributed by atoms with E-state index < -0.39 is 41.1 Å². The first-order valence-corrected chi connectivity index (χ1v) is 10.5. The van der Waals surface area contributed by atoms with Gasteiger partial charge in [-0.2, -0.15) is 26.3 Å². The van der Waals surface area contributed by atoms with Crippen molar-refractivity contribution in [3.63, 3.8) is 0 Å². The Labute approximate surface area is 187 Å². The number of rotatable bonds is 5. The molecule has 0 spiro atoms. The van der Waals surface area contributed by atoms with Gasteiger partial charge in [-0.25, -0.2) is 0 Å². The Hall–Kier alpha value is -1.81. The quantitative estimate of drug-likeness (QED) is 0.354. The third-order valence-electron chi connectivity index (χ3n) is 5.57. The minimum absolute atomic E-state index is 0.475. The van der Waals surface area contributed by atoms with Crippen molar-refractivity contribution >= 4 is 11.6 Å². The maximum atomic E-state index is 13.0. The highest BCUT2D eigenvalue weighted by molar-refractivity contribution is 6.20. The molecular weight excluding hydrogens is 458 g/mol. The molecule has 3 nitrogen and oxygen atoms in total. The van der Waals surface area contributed by atoms with E-state index in [0.29, 0.717) is 37.3 Å². The van der Waals surface area contributed by atoms with Gasteiger partial charge in [-0.15, -0.1) is 11.6 Å². The number of hydrogen-bond acceptors (Lipinski definition) is 3. The van der Waals surface area contributed by atoms with Crippen LogP contribution in [0.5, 0.6) is 0 Å². The van der Waals surface area contributed by atoms with Gasteiger partial charge in [0.2, 0.25) is 0 Å². The molecule has 2 aromatic rings. The molecule has 0 aromatic heterocycles. The van der Waals surface area contributed by atoms with Crippen LogP contribution in [-0.2, 0) is 12.4 Å². The molecule has 1 saturated heterocycles. The zero-order valence-corrected chi connectivity index (χ0v) is 17.9. The second kappa shape index (κ2) is 9.59. The van der Waals surface area contributed by atoms with Crippen LogP contribution in [0.15, 0.2) is 48.5 Å². The van der Waals surface area contributed by atoms with Gasteiger partial charge in [0.1, 0.15) is 5.50 Å². The summed E-state index contributed by atoms with van der Waals surface area (Å²) in [5, 5.41) is 9.72. The maximum absolute atomic E-state index is 13.0. The molecule has 2 unspecified atom stereocenters. The highest BCUT2D eigenvalue weighted by atomic mass is 35.5. The molecule has 1 aliphatic rings. The molecule has 1 heterocycles. The maximum Gasteiger partial charge on any atom is 0.416 e. The lowest BCUT2D eigenvalue weighted by Gasteiger charge is -2.41. The second-order valence-electron chi connectivity index (χ2n) is 7.83. The van der Waals surface area contributed by atoms with E-state index in [1.807, 2.05) is 9.80 Å².